The molecule has 0 radical (unpaired) electrons. The quantitative estimate of drug-likeness (QED) is 0.0948. The molecule has 0 bridgehead atoms. The van der Waals surface area contributed by atoms with Gasteiger partial charge < -0.3 is 14.2 Å². The molecular formula is C9H19N5O4. The number of hydrogen-bond donors (Lipinski definition) is 2. The smallest absolute Gasteiger partial charge is 0.236 e. The van der Waals surface area contributed by atoms with Crippen molar-refractivity contribution in [1.82, 2.24) is 5.43 Å². The summed E-state index contributed by atoms with van der Waals surface area (Å²) in [6.07, 6.45) is 0.235. The van der Waals surface area contributed by atoms with E-state index in [-0.39, 0.29) is 12.3 Å². The van der Waals surface area contributed by atoms with E-state index in [1.807, 2.05) is 5.43 Å². The molecule has 1 amide bonds. The van der Waals surface area contributed by atoms with Crippen molar-refractivity contribution in [3.8, 4) is 0 Å². The van der Waals surface area contributed by atoms with Crippen molar-refractivity contribution in [2.45, 2.75) is 6.42 Å². The molecule has 0 saturated carbocycles. The van der Waals surface area contributed by atoms with E-state index in [9.17, 15) is 4.79 Å². The molecular weight excluding hydrogens is 242 g/mol. The fourth-order valence-electron chi connectivity index (χ4n) is 0.929. The van der Waals surface area contributed by atoms with Gasteiger partial charge in [-0.25, -0.2) is 5.84 Å². The molecule has 0 rings (SSSR count). The number of nitrogens with zero attached hydrogens (tertiary/aromatic N) is 3. The molecule has 0 aliphatic heterocycles. The van der Waals surface area contributed by atoms with Gasteiger partial charge in [-0.05, 0) is 5.53 Å². The van der Waals surface area contributed by atoms with Crippen LogP contribution in [0, 0.1) is 0 Å². The van der Waals surface area contributed by atoms with Crippen molar-refractivity contribution in [3.63, 3.8) is 0 Å². The summed E-state index contributed by atoms with van der Waals surface area (Å²) in [6.45, 7) is 2.76. The molecule has 104 valence electrons. The number of ether oxygens (including phenoxy) is 3. The van der Waals surface area contributed by atoms with Gasteiger partial charge in [0.1, 0.15) is 0 Å². The van der Waals surface area contributed by atoms with Crippen LogP contribution in [0.4, 0.5) is 0 Å². The first-order valence-electron chi connectivity index (χ1n) is 5.54. The fraction of sp³-hybridized carbons (Fsp3) is 0.889. The lowest BCUT2D eigenvalue weighted by molar-refractivity contribution is -0.122. The molecule has 0 saturated heterocycles. The van der Waals surface area contributed by atoms with Crippen LogP contribution in [0.1, 0.15) is 6.42 Å². The molecule has 0 aliphatic rings. The number of hydrogen-bond acceptors (Lipinski definition) is 6. The number of carbonyl (C=O) groups is 1. The van der Waals surface area contributed by atoms with Crippen LogP contribution in [0.25, 0.3) is 10.4 Å². The second-order valence-electron chi connectivity index (χ2n) is 3.11. The van der Waals surface area contributed by atoms with Gasteiger partial charge in [-0.1, -0.05) is 5.11 Å². The Balaban J connectivity index is 3.03. The Morgan fingerprint density at radius 3 is 2.22 bits per heavy atom. The summed E-state index contributed by atoms with van der Waals surface area (Å²) in [5, 5.41) is 3.31. The van der Waals surface area contributed by atoms with Crippen molar-refractivity contribution in [1.29, 1.82) is 0 Å². The average Bonchev–Trinajstić information content (AvgIpc) is 2.39. The Kier molecular flexibility index (Phi) is 12.6. The summed E-state index contributed by atoms with van der Waals surface area (Å²) >= 11 is 0. The van der Waals surface area contributed by atoms with E-state index in [2.05, 4.69) is 10.0 Å². The Morgan fingerprint density at radius 1 is 1.11 bits per heavy atom. The normalized spacial score (nSPS) is 9.83. The zero-order valence-electron chi connectivity index (χ0n) is 10.2. The van der Waals surface area contributed by atoms with E-state index in [1.54, 1.807) is 0 Å². The lowest BCUT2D eigenvalue weighted by atomic mass is 10.4. The first-order valence-corrected chi connectivity index (χ1v) is 5.54. The van der Waals surface area contributed by atoms with Gasteiger partial charge in [0.25, 0.3) is 0 Å². The third kappa shape index (κ3) is 12.7. The van der Waals surface area contributed by atoms with E-state index < -0.39 is 0 Å². The lowest BCUT2D eigenvalue weighted by Crippen LogP contribution is -2.30. The number of nitrogens with two attached hydrogens (primary N) is 1. The van der Waals surface area contributed by atoms with E-state index in [0.29, 0.717) is 46.2 Å². The Morgan fingerprint density at radius 2 is 1.67 bits per heavy atom. The molecule has 0 unspecified atom stereocenters. The number of carbonyl (C=O) groups excluding carboxylic acids is 1. The van der Waals surface area contributed by atoms with Crippen molar-refractivity contribution in [2.75, 3.05) is 46.2 Å². The van der Waals surface area contributed by atoms with Gasteiger partial charge in [-0.15, -0.1) is 0 Å². The Hall–Kier alpha value is -1.38. The minimum absolute atomic E-state index is 0.235. The largest absolute Gasteiger partial charge is 0.379 e. The van der Waals surface area contributed by atoms with Crippen LogP contribution in [-0.2, 0) is 19.0 Å². The maximum Gasteiger partial charge on any atom is 0.236 e. The summed E-state index contributed by atoms with van der Waals surface area (Å²) in [4.78, 5) is 13.3. The van der Waals surface area contributed by atoms with Crippen LogP contribution in [0.2, 0.25) is 0 Å². The van der Waals surface area contributed by atoms with Crippen LogP contribution >= 0.6 is 0 Å². The summed E-state index contributed by atoms with van der Waals surface area (Å²) in [5.41, 5.74) is 10.0. The molecule has 0 aromatic heterocycles. The van der Waals surface area contributed by atoms with Crippen molar-refractivity contribution in [2.24, 2.45) is 11.0 Å². The highest BCUT2D eigenvalue weighted by atomic mass is 16.5. The predicted octanol–water partition coefficient (Wildman–Crippen LogP) is -0.273. The van der Waals surface area contributed by atoms with E-state index in [0.717, 1.165) is 0 Å². The number of rotatable bonds is 12. The molecule has 0 aliphatic carbocycles. The SMILES string of the molecule is [N-]=[N+]=NCCOCCOCCOCCC(=O)NN. The molecule has 0 fully saturated rings. The fourth-order valence-corrected chi connectivity index (χ4v) is 0.929. The Bertz CT molecular complexity index is 257. The van der Waals surface area contributed by atoms with E-state index in [4.69, 9.17) is 25.6 Å². The minimum atomic E-state index is -0.260. The van der Waals surface area contributed by atoms with Crippen molar-refractivity contribution < 1.29 is 19.0 Å². The highest BCUT2D eigenvalue weighted by molar-refractivity contribution is 5.75. The summed E-state index contributed by atoms with van der Waals surface area (Å²) in [6, 6.07) is 0. The van der Waals surface area contributed by atoms with Crippen molar-refractivity contribution >= 4 is 5.91 Å². The highest BCUT2D eigenvalue weighted by Crippen LogP contribution is 1.84. The van der Waals surface area contributed by atoms with Crippen LogP contribution < -0.4 is 11.3 Å². The number of amides is 1. The van der Waals surface area contributed by atoms with Crippen LogP contribution in [0.3, 0.4) is 0 Å². The first kappa shape index (κ1) is 16.6. The maximum absolute atomic E-state index is 10.7. The summed E-state index contributed by atoms with van der Waals surface area (Å²) < 4.78 is 15.4. The van der Waals surface area contributed by atoms with Gasteiger partial charge in [0.15, 0.2) is 0 Å². The van der Waals surface area contributed by atoms with Gasteiger partial charge in [0.2, 0.25) is 5.91 Å². The number of hydrazine groups is 1. The van der Waals surface area contributed by atoms with Gasteiger partial charge in [0, 0.05) is 11.5 Å². The highest BCUT2D eigenvalue weighted by Gasteiger charge is 1.97. The summed E-state index contributed by atoms with van der Waals surface area (Å²) in [5.74, 6) is 4.63. The molecule has 0 heterocycles. The molecule has 0 spiro atoms. The molecule has 9 nitrogen and oxygen atoms in total. The topological polar surface area (TPSA) is 132 Å². The molecule has 0 atom stereocenters. The number of nitrogens with one attached hydrogen (secondary N) is 1. The monoisotopic (exact) mass is 261 g/mol. The number of azide groups is 1. The van der Waals surface area contributed by atoms with Crippen LogP contribution in [-0.4, -0.2) is 52.1 Å². The first-order chi connectivity index (χ1) is 8.81. The van der Waals surface area contributed by atoms with Crippen LogP contribution in [0.15, 0.2) is 5.11 Å². The Labute approximate surface area is 105 Å². The average molecular weight is 261 g/mol. The van der Waals surface area contributed by atoms with E-state index >= 15 is 0 Å². The van der Waals surface area contributed by atoms with Gasteiger partial charge in [0.05, 0.1) is 46.1 Å². The van der Waals surface area contributed by atoms with Crippen molar-refractivity contribution in [3.05, 3.63) is 10.4 Å². The summed E-state index contributed by atoms with van der Waals surface area (Å²) in [7, 11) is 0. The molecule has 18 heavy (non-hydrogen) atoms. The zero-order chi connectivity index (χ0) is 13.5. The second-order valence-corrected chi connectivity index (χ2v) is 3.11. The molecule has 0 aromatic carbocycles. The van der Waals surface area contributed by atoms with Gasteiger partial charge in [-0.3, -0.25) is 10.2 Å². The third-order valence-corrected chi connectivity index (χ3v) is 1.78. The standard InChI is InChI=1S/C9H19N5O4/c10-13-9(15)1-3-16-5-7-18-8-6-17-4-2-12-14-11/h1-8,10H2,(H,13,15). The molecule has 0 aromatic rings. The zero-order valence-corrected chi connectivity index (χ0v) is 10.2. The van der Waals surface area contributed by atoms with Crippen LogP contribution in [0.5, 0.6) is 0 Å². The molecule has 9 heteroatoms. The minimum Gasteiger partial charge on any atom is -0.379 e. The maximum atomic E-state index is 10.7. The van der Waals surface area contributed by atoms with E-state index in [1.165, 1.54) is 0 Å². The lowest BCUT2D eigenvalue weighted by Gasteiger charge is -2.05. The predicted molar refractivity (Wildman–Crippen MR) is 63.4 cm³/mol. The van der Waals surface area contributed by atoms with Gasteiger partial charge >= 0.3 is 0 Å². The third-order valence-electron chi connectivity index (χ3n) is 1.78. The second kappa shape index (κ2) is 13.7. The van der Waals surface area contributed by atoms with Gasteiger partial charge in [-0.2, -0.15) is 0 Å². The molecule has 3 N–H and O–H groups in total.